The van der Waals surface area contributed by atoms with E-state index in [1.165, 1.54) is 19.2 Å². The number of nitriles is 1. The van der Waals surface area contributed by atoms with E-state index in [1.807, 2.05) is 0 Å². The van der Waals surface area contributed by atoms with Crippen LogP contribution in [0.4, 0.5) is 21.8 Å². The van der Waals surface area contributed by atoms with Crippen molar-refractivity contribution in [3.8, 4) is 11.8 Å². The number of nitrogens with one attached hydrogen (secondary N) is 3. The summed E-state index contributed by atoms with van der Waals surface area (Å²) in [5, 5.41) is 16.5. The lowest BCUT2D eigenvalue weighted by Gasteiger charge is -2.40. The molecule has 0 spiro atoms. The molecule has 1 saturated carbocycles. The monoisotopic (exact) mass is 534 g/mol. The number of aromatic nitrogens is 3. The molecule has 0 unspecified atom stereocenters. The van der Waals surface area contributed by atoms with Gasteiger partial charge in [0.1, 0.15) is 29.1 Å². The first kappa shape index (κ1) is 25.3. The second-order valence-corrected chi connectivity index (χ2v) is 10.2. The Morgan fingerprint density at radius 2 is 1.95 bits per heavy atom. The van der Waals surface area contributed by atoms with Crippen molar-refractivity contribution in [2.75, 3.05) is 57.1 Å². The third-order valence-corrected chi connectivity index (χ3v) is 7.65. The van der Waals surface area contributed by atoms with Crippen molar-refractivity contribution in [1.82, 2.24) is 24.8 Å². The van der Waals surface area contributed by atoms with Gasteiger partial charge in [-0.25, -0.2) is 4.39 Å². The van der Waals surface area contributed by atoms with Crippen molar-refractivity contribution in [2.24, 2.45) is 0 Å². The quantitative estimate of drug-likeness (QED) is 0.418. The van der Waals surface area contributed by atoms with E-state index >= 15 is 4.39 Å². The fourth-order valence-corrected chi connectivity index (χ4v) is 5.35. The molecule has 1 aliphatic carbocycles. The minimum absolute atomic E-state index is 0.0299. The van der Waals surface area contributed by atoms with Crippen LogP contribution in [0, 0.1) is 17.1 Å². The molecule has 1 aromatic carbocycles. The molecule has 3 aromatic rings. The normalized spacial score (nSPS) is 18.6. The Bertz CT molecular complexity index is 1420. The smallest absolute Gasteiger partial charge is 0.256 e. The number of ether oxygens (including phenoxy) is 2. The van der Waals surface area contributed by atoms with E-state index in [4.69, 9.17) is 9.47 Å². The first-order valence-electron chi connectivity index (χ1n) is 13.4. The van der Waals surface area contributed by atoms with Crippen molar-refractivity contribution < 1.29 is 18.7 Å². The zero-order chi connectivity index (χ0) is 26.9. The molecular weight excluding hydrogens is 503 g/mol. The van der Waals surface area contributed by atoms with Crippen LogP contribution >= 0.6 is 0 Å². The van der Waals surface area contributed by atoms with Crippen molar-refractivity contribution in [3.05, 3.63) is 35.3 Å². The van der Waals surface area contributed by atoms with Gasteiger partial charge in [-0.1, -0.05) is 0 Å². The highest BCUT2D eigenvalue weighted by atomic mass is 19.1. The van der Waals surface area contributed by atoms with Gasteiger partial charge in [-0.3, -0.25) is 9.69 Å². The molecule has 1 amide bonds. The van der Waals surface area contributed by atoms with Crippen molar-refractivity contribution >= 4 is 34.4 Å². The maximum absolute atomic E-state index is 15.3. The largest absolute Gasteiger partial charge is 0.495 e. The number of morpholine rings is 1. The maximum atomic E-state index is 15.3. The number of H-pyrrole nitrogens is 1. The summed E-state index contributed by atoms with van der Waals surface area (Å²) in [6.45, 7) is 4.47. The van der Waals surface area contributed by atoms with Crippen LogP contribution in [-0.4, -0.2) is 89.2 Å². The number of amides is 1. The van der Waals surface area contributed by atoms with Gasteiger partial charge in [0.05, 0.1) is 42.5 Å². The van der Waals surface area contributed by atoms with Gasteiger partial charge in [-0.05, 0) is 31.7 Å². The summed E-state index contributed by atoms with van der Waals surface area (Å²) < 4.78 is 26.3. The molecule has 2 saturated heterocycles. The number of carbonyl (C=O) groups excluding carboxylic acids is 1. The Labute approximate surface area is 225 Å². The van der Waals surface area contributed by atoms with Gasteiger partial charge in [0, 0.05) is 50.5 Å². The zero-order valence-corrected chi connectivity index (χ0v) is 21.8. The summed E-state index contributed by atoms with van der Waals surface area (Å²) in [7, 11) is 1.47. The molecule has 6 rings (SSSR count). The van der Waals surface area contributed by atoms with Gasteiger partial charge in [-0.2, -0.15) is 15.2 Å². The van der Waals surface area contributed by atoms with E-state index in [0.29, 0.717) is 59.0 Å². The number of likely N-dealkylation sites (tertiary alicyclic amines) is 1. The molecule has 0 radical (unpaired) electrons. The number of piperidine rings is 1. The molecule has 12 heteroatoms. The highest BCUT2D eigenvalue weighted by Crippen LogP contribution is 2.34. The van der Waals surface area contributed by atoms with Crippen LogP contribution in [-0.2, 0) is 4.74 Å². The van der Waals surface area contributed by atoms with E-state index in [-0.39, 0.29) is 17.4 Å². The Hall–Kier alpha value is -3.95. The first-order chi connectivity index (χ1) is 19.0. The highest BCUT2D eigenvalue weighted by molar-refractivity contribution is 5.96. The number of anilines is 3. The number of methoxy groups -OCH3 is 1. The number of hydrogen-bond acceptors (Lipinski definition) is 9. The van der Waals surface area contributed by atoms with Crippen LogP contribution in [0.3, 0.4) is 0 Å². The van der Waals surface area contributed by atoms with Gasteiger partial charge >= 0.3 is 0 Å². The molecule has 3 N–H and O–H groups in total. The summed E-state index contributed by atoms with van der Waals surface area (Å²) in [5.74, 6) is 0.0467. The van der Waals surface area contributed by atoms with E-state index in [1.54, 1.807) is 11.1 Å². The minimum atomic E-state index is -0.650. The fourth-order valence-electron chi connectivity index (χ4n) is 5.35. The fraction of sp³-hybridized carbons (Fsp3) is 0.481. The van der Waals surface area contributed by atoms with E-state index in [0.717, 1.165) is 52.0 Å². The van der Waals surface area contributed by atoms with Gasteiger partial charge < -0.3 is 30.0 Å². The number of nitrogens with zero attached hydrogens (tertiary/aromatic N) is 5. The van der Waals surface area contributed by atoms with Crippen LogP contribution in [0.2, 0.25) is 0 Å². The predicted molar refractivity (Wildman–Crippen MR) is 143 cm³/mol. The van der Waals surface area contributed by atoms with Crippen LogP contribution in [0.1, 0.15) is 41.6 Å². The molecule has 204 valence electrons. The van der Waals surface area contributed by atoms with Crippen molar-refractivity contribution in [2.45, 2.75) is 37.8 Å². The Morgan fingerprint density at radius 1 is 1.18 bits per heavy atom. The van der Waals surface area contributed by atoms with Crippen LogP contribution in [0.15, 0.2) is 18.3 Å². The predicted octanol–water partition coefficient (Wildman–Crippen LogP) is 3.23. The number of rotatable bonds is 7. The molecule has 11 nitrogen and oxygen atoms in total. The summed E-state index contributed by atoms with van der Waals surface area (Å²) >= 11 is 0. The number of carbonyl (C=O) groups is 1. The number of benzene rings is 1. The van der Waals surface area contributed by atoms with Crippen molar-refractivity contribution in [3.63, 3.8) is 0 Å². The number of hydrogen-bond donors (Lipinski definition) is 3. The van der Waals surface area contributed by atoms with Gasteiger partial charge in [0.2, 0.25) is 5.95 Å². The highest BCUT2D eigenvalue weighted by Gasteiger charge is 2.30. The van der Waals surface area contributed by atoms with Crippen LogP contribution in [0.25, 0.3) is 11.0 Å². The second kappa shape index (κ2) is 10.7. The molecule has 3 aliphatic rings. The Kier molecular flexibility index (Phi) is 6.93. The molecule has 2 aliphatic heterocycles. The standard InChI is InChI=1S/C27H31FN8O3/c1-38-22-12-19(26(37)36-6-4-18(5-7-36)35-8-10-39-11-9-35)20(28)13-21(22)32-27-33-24-23(16(14-29)15-30-24)25(34-27)31-17-2-3-17/h12-13,15,17-18H,2-11H2,1H3,(H3,30,31,32,33,34). The summed E-state index contributed by atoms with van der Waals surface area (Å²) in [5.41, 5.74) is 1.19. The van der Waals surface area contributed by atoms with Crippen LogP contribution < -0.4 is 15.4 Å². The minimum Gasteiger partial charge on any atom is -0.495 e. The Balaban J connectivity index is 1.21. The number of fused-ring (bicyclic) bond motifs is 1. The van der Waals surface area contributed by atoms with E-state index in [2.05, 4.69) is 36.6 Å². The number of halogens is 1. The SMILES string of the molecule is COc1cc(C(=O)N2CCC(N3CCOCC3)CC2)c(F)cc1Nc1nc(NC2CC2)c2c(C#N)c[nH]c2n1. The van der Waals surface area contributed by atoms with E-state index in [9.17, 15) is 10.1 Å². The molecule has 0 bridgehead atoms. The molecule has 2 aromatic heterocycles. The molecule has 39 heavy (non-hydrogen) atoms. The lowest BCUT2D eigenvalue weighted by Crippen LogP contribution is -2.50. The van der Waals surface area contributed by atoms with Crippen LogP contribution in [0.5, 0.6) is 5.75 Å². The molecule has 0 atom stereocenters. The van der Waals surface area contributed by atoms with Crippen molar-refractivity contribution in [1.29, 1.82) is 5.26 Å². The second-order valence-electron chi connectivity index (χ2n) is 10.2. The summed E-state index contributed by atoms with van der Waals surface area (Å²) in [6.07, 6.45) is 5.35. The molecule has 4 heterocycles. The third-order valence-electron chi connectivity index (χ3n) is 7.65. The van der Waals surface area contributed by atoms with Gasteiger partial charge in [-0.15, -0.1) is 0 Å². The summed E-state index contributed by atoms with van der Waals surface area (Å²) in [4.78, 5) is 29.5. The van der Waals surface area contributed by atoms with Gasteiger partial charge in [0.25, 0.3) is 5.91 Å². The summed E-state index contributed by atoms with van der Waals surface area (Å²) in [6, 6.07) is 5.55. The average molecular weight is 535 g/mol. The van der Waals surface area contributed by atoms with E-state index < -0.39 is 5.82 Å². The zero-order valence-electron chi connectivity index (χ0n) is 21.8. The van der Waals surface area contributed by atoms with Gasteiger partial charge in [0.15, 0.2) is 0 Å². The molecule has 3 fully saturated rings. The molecular formula is C27H31FN8O3. The third kappa shape index (κ3) is 5.20. The topological polar surface area (TPSA) is 131 Å². The average Bonchev–Trinajstić information content (AvgIpc) is 3.69. The first-order valence-corrected chi connectivity index (χ1v) is 13.4. The maximum Gasteiger partial charge on any atom is 0.256 e. The lowest BCUT2D eigenvalue weighted by molar-refractivity contribution is 0.00154. The Morgan fingerprint density at radius 3 is 2.64 bits per heavy atom. The number of aromatic amines is 1. The lowest BCUT2D eigenvalue weighted by atomic mass is 10.0.